The zero-order valence-corrected chi connectivity index (χ0v) is 21.7. The Morgan fingerprint density at radius 3 is 2.43 bits per heavy atom. The highest BCUT2D eigenvalue weighted by atomic mass is 16.5. The molecule has 1 aliphatic rings. The minimum absolute atomic E-state index is 0.214. The van der Waals surface area contributed by atoms with Crippen LogP contribution in [0.2, 0.25) is 0 Å². The normalized spacial score (nSPS) is 18.7. The summed E-state index contributed by atoms with van der Waals surface area (Å²) in [7, 11) is 0. The van der Waals surface area contributed by atoms with Gasteiger partial charge in [0.2, 0.25) is 11.8 Å². The molecule has 1 fully saturated rings. The number of hydrogen-bond donors (Lipinski definition) is 4. The molecule has 1 heterocycles. The highest BCUT2D eigenvalue weighted by Crippen LogP contribution is 2.32. The van der Waals surface area contributed by atoms with E-state index >= 15 is 0 Å². The fourth-order valence-electron chi connectivity index (χ4n) is 4.63. The number of likely N-dealkylation sites (tertiary alicyclic amines) is 1. The molecular formula is C28H39N5O4. The van der Waals surface area contributed by atoms with Gasteiger partial charge < -0.3 is 26.8 Å². The summed E-state index contributed by atoms with van der Waals surface area (Å²) in [6.45, 7) is 5.21. The highest BCUT2D eigenvalue weighted by molar-refractivity contribution is 5.89. The Balaban J connectivity index is 1.60. The maximum absolute atomic E-state index is 13.4. The molecule has 0 radical (unpaired) electrons. The molecule has 0 saturated carbocycles. The fraction of sp³-hybridized carbons (Fsp3) is 0.464. The van der Waals surface area contributed by atoms with Crippen LogP contribution in [0.5, 0.6) is 0 Å². The maximum atomic E-state index is 13.4. The zero-order chi connectivity index (χ0) is 26.8. The molecule has 0 bridgehead atoms. The van der Waals surface area contributed by atoms with E-state index in [1.165, 1.54) is 5.56 Å². The molecule has 2 aromatic carbocycles. The molecule has 2 aromatic rings. The van der Waals surface area contributed by atoms with Gasteiger partial charge in [0.15, 0.2) is 0 Å². The molecular weight excluding hydrogens is 470 g/mol. The summed E-state index contributed by atoms with van der Waals surface area (Å²) in [4.78, 5) is 40.1. The lowest BCUT2D eigenvalue weighted by Crippen LogP contribution is -2.55. The van der Waals surface area contributed by atoms with Gasteiger partial charge in [-0.25, -0.2) is 0 Å². The molecule has 1 aliphatic heterocycles. The average Bonchev–Trinajstić information content (AvgIpc) is 2.91. The topological polar surface area (TPSA) is 140 Å². The fourth-order valence-corrected chi connectivity index (χ4v) is 4.63. The van der Waals surface area contributed by atoms with E-state index in [1.54, 1.807) is 13.8 Å². The Bertz CT molecular complexity index is 1030. The maximum Gasteiger partial charge on any atom is 0.307 e. The Hall–Kier alpha value is -3.27. The van der Waals surface area contributed by atoms with Crippen molar-refractivity contribution in [2.45, 2.75) is 63.8 Å². The Morgan fingerprint density at radius 1 is 1.08 bits per heavy atom. The second-order valence-electron chi connectivity index (χ2n) is 9.45. The van der Waals surface area contributed by atoms with E-state index in [0.717, 1.165) is 17.5 Å². The number of nitrogens with two attached hydrogens (primary N) is 2. The smallest absolute Gasteiger partial charge is 0.307 e. The molecule has 0 unspecified atom stereocenters. The minimum atomic E-state index is -0.715. The number of carbonyl (C=O) groups excluding carboxylic acids is 3. The van der Waals surface area contributed by atoms with Crippen LogP contribution >= 0.6 is 0 Å². The Morgan fingerprint density at radius 2 is 1.78 bits per heavy atom. The van der Waals surface area contributed by atoms with Crippen molar-refractivity contribution in [1.29, 1.82) is 0 Å². The van der Waals surface area contributed by atoms with Crippen molar-refractivity contribution in [3.05, 3.63) is 71.3 Å². The van der Waals surface area contributed by atoms with Gasteiger partial charge in [-0.05, 0) is 55.8 Å². The summed E-state index contributed by atoms with van der Waals surface area (Å²) in [5, 5.41) is 5.75. The monoisotopic (exact) mass is 509 g/mol. The molecule has 37 heavy (non-hydrogen) atoms. The summed E-state index contributed by atoms with van der Waals surface area (Å²) in [5.74, 6) is -0.541. The average molecular weight is 510 g/mol. The number of ether oxygens (including phenoxy) is 1. The molecule has 6 N–H and O–H groups in total. The van der Waals surface area contributed by atoms with Crippen LogP contribution in [-0.2, 0) is 25.7 Å². The summed E-state index contributed by atoms with van der Waals surface area (Å²) >= 11 is 0. The van der Waals surface area contributed by atoms with Gasteiger partial charge in [0.25, 0.3) is 0 Å². The molecule has 0 aliphatic carbocycles. The number of piperidine rings is 1. The summed E-state index contributed by atoms with van der Waals surface area (Å²) in [6, 6.07) is 16.4. The quantitative estimate of drug-likeness (QED) is 0.268. The van der Waals surface area contributed by atoms with E-state index in [9.17, 15) is 14.4 Å². The van der Waals surface area contributed by atoms with E-state index in [0.29, 0.717) is 32.7 Å². The number of amides is 2. The summed E-state index contributed by atoms with van der Waals surface area (Å²) < 4.78 is 5.07. The number of esters is 1. The van der Waals surface area contributed by atoms with E-state index in [4.69, 9.17) is 16.2 Å². The Labute approximate surface area is 218 Å². The number of carbonyl (C=O) groups is 3. The number of nitrogens with zero attached hydrogens (tertiary/aromatic N) is 1. The van der Waals surface area contributed by atoms with E-state index in [2.05, 4.69) is 22.8 Å². The van der Waals surface area contributed by atoms with Gasteiger partial charge in [-0.1, -0.05) is 54.6 Å². The van der Waals surface area contributed by atoms with Crippen LogP contribution in [0.3, 0.4) is 0 Å². The first-order valence-corrected chi connectivity index (χ1v) is 12.9. The van der Waals surface area contributed by atoms with E-state index in [1.807, 2.05) is 47.4 Å². The molecule has 3 rings (SSSR count). The third-order valence-electron chi connectivity index (χ3n) is 6.78. The van der Waals surface area contributed by atoms with Crippen molar-refractivity contribution in [2.24, 2.45) is 11.5 Å². The van der Waals surface area contributed by atoms with Gasteiger partial charge in [-0.3, -0.25) is 19.3 Å². The third kappa shape index (κ3) is 8.38. The number of rotatable bonds is 11. The number of hydrogen-bond acceptors (Lipinski definition) is 7. The molecule has 9 heteroatoms. The second-order valence-corrected chi connectivity index (χ2v) is 9.45. The van der Waals surface area contributed by atoms with Gasteiger partial charge in [-0.2, -0.15) is 0 Å². The van der Waals surface area contributed by atoms with Gasteiger partial charge in [-0.15, -0.1) is 0 Å². The van der Waals surface area contributed by atoms with Crippen molar-refractivity contribution < 1.29 is 19.1 Å². The predicted octanol–water partition coefficient (Wildman–Crippen LogP) is 1.92. The van der Waals surface area contributed by atoms with Crippen molar-refractivity contribution >= 4 is 17.8 Å². The lowest BCUT2D eigenvalue weighted by molar-refractivity contribution is -0.144. The predicted molar refractivity (Wildman–Crippen MR) is 142 cm³/mol. The molecule has 1 saturated heterocycles. The molecule has 0 spiro atoms. The molecule has 2 amide bonds. The van der Waals surface area contributed by atoms with Crippen molar-refractivity contribution in [3.63, 3.8) is 0 Å². The van der Waals surface area contributed by atoms with Gasteiger partial charge in [0.05, 0.1) is 25.2 Å². The van der Waals surface area contributed by atoms with Crippen molar-refractivity contribution in [3.8, 4) is 0 Å². The summed E-state index contributed by atoms with van der Waals surface area (Å²) in [6.07, 6.45) is 1.18. The number of nitrogens with one attached hydrogen (secondary N) is 2. The van der Waals surface area contributed by atoms with Crippen molar-refractivity contribution in [2.75, 3.05) is 19.7 Å². The van der Waals surface area contributed by atoms with Gasteiger partial charge >= 0.3 is 5.97 Å². The SMILES string of the molecule is CCOC(=O)CCN1CC[C@H](c2ccccc2)C[C@@H]1C(=O)N[C@@H](C)C(=O)NCc1ccc(C(N)N)cc1. The highest BCUT2D eigenvalue weighted by Gasteiger charge is 2.35. The van der Waals surface area contributed by atoms with Crippen LogP contribution < -0.4 is 22.1 Å². The first-order valence-electron chi connectivity index (χ1n) is 12.9. The van der Waals surface area contributed by atoms with Crippen LogP contribution in [0, 0.1) is 0 Å². The van der Waals surface area contributed by atoms with Gasteiger partial charge in [0, 0.05) is 13.1 Å². The van der Waals surface area contributed by atoms with Crippen LogP contribution in [-0.4, -0.2) is 54.5 Å². The summed E-state index contributed by atoms with van der Waals surface area (Å²) in [5.41, 5.74) is 14.3. The van der Waals surface area contributed by atoms with Crippen LogP contribution in [0.1, 0.15) is 61.9 Å². The molecule has 200 valence electrons. The molecule has 3 atom stereocenters. The van der Waals surface area contributed by atoms with Crippen LogP contribution in [0.4, 0.5) is 0 Å². The van der Waals surface area contributed by atoms with E-state index < -0.39 is 18.2 Å². The van der Waals surface area contributed by atoms with Gasteiger partial charge in [0.1, 0.15) is 6.04 Å². The first kappa shape index (κ1) is 28.3. The second kappa shape index (κ2) is 13.9. The van der Waals surface area contributed by atoms with Crippen LogP contribution in [0.25, 0.3) is 0 Å². The molecule has 9 nitrogen and oxygen atoms in total. The molecule has 0 aromatic heterocycles. The van der Waals surface area contributed by atoms with Crippen molar-refractivity contribution in [1.82, 2.24) is 15.5 Å². The van der Waals surface area contributed by atoms with E-state index in [-0.39, 0.29) is 30.1 Å². The zero-order valence-electron chi connectivity index (χ0n) is 21.7. The van der Waals surface area contributed by atoms with Crippen LogP contribution in [0.15, 0.2) is 54.6 Å². The standard InChI is InChI=1S/C28H39N5O4/c1-3-37-25(34)14-16-33-15-13-23(21-7-5-4-6-8-21)17-24(33)28(36)32-19(2)27(35)31-18-20-9-11-22(12-10-20)26(29)30/h4-12,19,23-24,26H,3,13-18,29-30H2,1-2H3,(H,31,35)(H,32,36)/t19-,23-,24+/m0/s1. The third-order valence-corrected chi connectivity index (χ3v) is 6.78. The number of benzene rings is 2. The largest absolute Gasteiger partial charge is 0.466 e. The Kier molecular flexibility index (Phi) is 10.6. The lowest BCUT2D eigenvalue weighted by atomic mass is 9.84. The minimum Gasteiger partial charge on any atom is -0.466 e. The lowest BCUT2D eigenvalue weighted by Gasteiger charge is -2.39. The first-order chi connectivity index (χ1) is 17.8.